The number of ether oxygens (including phenoxy) is 3. The Morgan fingerprint density at radius 2 is 1.64 bits per heavy atom. The van der Waals surface area contributed by atoms with Crippen LogP contribution in [0.2, 0.25) is 0 Å². The monoisotopic (exact) mass is 347 g/mol. The van der Waals surface area contributed by atoms with E-state index in [0.29, 0.717) is 0 Å². The first-order valence-corrected chi connectivity index (χ1v) is 9.01. The van der Waals surface area contributed by atoms with Crippen molar-refractivity contribution < 1.29 is 19.0 Å². The van der Waals surface area contributed by atoms with Gasteiger partial charge in [-0.2, -0.15) is 0 Å². The van der Waals surface area contributed by atoms with Crippen molar-refractivity contribution in [3.05, 3.63) is 23.3 Å². The van der Waals surface area contributed by atoms with Gasteiger partial charge in [-0.15, -0.1) is 0 Å². The van der Waals surface area contributed by atoms with Crippen molar-refractivity contribution >= 4 is 6.09 Å². The normalized spacial score (nSPS) is 18.8. The largest absolute Gasteiger partial charge is 0.493 e. The standard InChI is InChI=1S/C20H29NO4/c1-19(2,3)25-18(22)21-10-8-20(9-11-21)7-6-14-12-16(23-4)17(24-5)13-15(14)20/h12-13H,6-11H2,1-5H3. The number of nitrogens with zero attached hydrogens (tertiary/aromatic N) is 1. The van der Waals surface area contributed by atoms with Crippen molar-refractivity contribution in [1.82, 2.24) is 4.90 Å². The van der Waals surface area contributed by atoms with Crippen molar-refractivity contribution in [3.8, 4) is 11.5 Å². The van der Waals surface area contributed by atoms with Gasteiger partial charge >= 0.3 is 6.09 Å². The molecule has 1 spiro atoms. The predicted octanol–water partition coefficient (Wildman–Crippen LogP) is 3.92. The predicted molar refractivity (Wildman–Crippen MR) is 96.6 cm³/mol. The zero-order chi connectivity index (χ0) is 18.2. The van der Waals surface area contributed by atoms with Crippen LogP contribution in [0, 0.1) is 0 Å². The van der Waals surface area contributed by atoms with Crippen LogP contribution in [-0.4, -0.2) is 43.9 Å². The molecular formula is C20H29NO4. The highest BCUT2D eigenvalue weighted by Gasteiger charge is 2.43. The fourth-order valence-corrected chi connectivity index (χ4v) is 4.09. The molecule has 1 amide bonds. The molecule has 3 rings (SSSR count). The van der Waals surface area contributed by atoms with Crippen LogP contribution in [0.25, 0.3) is 0 Å². The van der Waals surface area contributed by atoms with Crippen molar-refractivity contribution in [1.29, 1.82) is 0 Å². The Balaban J connectivity index is 1.76. The van der Waals surface area contributed by atoms with Crippen molar-refractivity contribution in [3.63, 3.8) is 0 Å². The highest BCUT2D eigenvalue weighted by atomic mass is 16.6. The maximum atomic E-state index is 12.3. The first-order chi connectivity index (χ1) is 11.8. The fourth-order valence-electron chi connectivity index (χ4n) is 4.09. The summed E-state index contributed by atoms with van der Waals surface area (Å²) < 4.78 is 16.5. The van der Waals surface area contributed by atoms with E-state index in [4.69, 9.17) is 14.2 Å². The lowest BCUT2D eigenvalue weighted by Crippen LogP contribution is -2.46. The molecule has 138 valence electrons. The first-order valence-electron chi connectivity index (χ1n) is 9.01. The van der Waals surface area contributed by atoms with E-state index in [1.807, 2.05) is 25.7 Å². The number of benzene rings is 1. The Morgan fingerprint density at radius 1 is 1.04 bits per heavy atom. The van der Waals surface area contributed by atoms with Crippen LogP contribution < -0.4 is 9.47 Å². The molecule has 1 aromatic carbocycles. The third kappa shape index (κ3) is 3.42. The van der Waals surface area contributed by atoms with E-state index in [0.717, 1.165) is 50.3 Å². The smallest absolute Gasteiger partial charge is 0.410 e. The number of fused-ring (bicyclic) bond motifs is 2. The molecule has 1 aromatic rings. The first kappa shape index (κ1) is 17.9. The van der Waals surface area contributed by atoms with Crippen LogP contribution in [0.5, 0.6) is 11.5 Å². The van der Waals surface area contributed by atoms with Gasteiger partial charge in [0, 0.05) is 13.1 Å². The molecular weight excluding hydrogens is 318 g/mol. The number of rotatable bonds is 2. The molecule has 0 radical (unpaired) electrons. The zero-order valence-corrected chi connectivity index (χ0v) is 16.0. The van der Waals surface area contributed by atoms with Crippen molar-refractivity contribution in [2.75, 3.05) is 27.3 Å². The molecule has 0 unspecified atom stereocenters. The average Bonchev–Trinajstić information content (AvgIpc) is 2.90. The van der Waals surface area contributed by atoms with Gasteiger partial charge in [0.1, 0.15) is 5.60 Å². The Hall–Kier alpha value is -1.91. The lowest BCUT2D eigenvalue weighted by molar-refractivity contribution is 0.0164. The maximum absolute atomic E-state index is 12.3. The number of likely N-dealkylation sites (tertiary alicyclic amines) is 1. The summed E-state index contributed by atoms with van der Waals surface area (Å²) in [4.78, 5) is 14.2. The van der Waals surface area contributed by atoms with Gasteiger partial charge in [-0.05, 0) is 75.1 Å². The minimum atomic E-state index is -0.448. The van der Waals surface area contributed by atoms with Crippen molar-refractivity contribution in [2.45, 2.75) is 57.5 Å². The molecule has 2 aliphatic rings. The molecule has 5 heteroatoms. The van der Waals surface area contributed by atoms with Gasteiger partial charge in [0.05, 0.1) is 14.2 Å². The minimum Gasteiger partial charge on any atom is -0.493 e. The maximum Gasteiger partial charge on any atom is 0.410 e. The van der Waals surface area contributed by atoms with Crippen molar-refractivity contribution in [2.24, 2.45) is 0 Å². The third-order valence-corrected chi connectivity index (χ3v) is 5.43. The van der Waals surface area contributed by atoms with Crippen LogP contribution in [-0.2, 0) is 16.6 Å². The summed E-state index contributed by atoms with van der Waals surface area (Å²) in [5.74, 6) is 1.58. The molecule has 0 saturated carbocycles. The van der Waals surface area contributed by atoms with E-state index >= 15 is 0 Å². The van der Waals surface area contributed by atoms with Gasteiger partial charge in [-0.25, -0.2) is 4.79 Å². The summed E-state index contributed by atoms with van der Waals surface area (Å²) in [6.45, 7) is 7.20. The SMILES string of the molecule is COc1cc2c(cc1OC)C1(CC2)CCN(C(=O)OC(C)(C)C)CC1. The topological polar surface area (TPSA) is 48.0 Å². The van der Waals surface area contributed by atoms with Crippen LogP contribution in [0.4, 0.5) is 4.79 Å². The Kier molecular flexibility index (Phi) is 4.60. The van der Waals surface area contributed by atoms with Crippen LogP contribution >= 0.6 is 0 Å². The van der Waals surface area contributed by atoms with E-state index in [9.17, 15) is 4.79 Å². The van der Waals surface area contributed by atoms with E-state index in [1.54, 1.807) is 14.2 Å². The lowest BCUT2D eigenvalue weighted by Gasteiger charge is -2.40. The summed E-state index contributed by atoms with van der Waals surface area (Å²) in [7, 11) is 3.35. The number of piperidine rings is 1. The number of hydrogen-bond acceptors (Lipinski definition) is 4. The molecule has 0 N–H and O–H groups in total. The van der Waals surface area contributed by atoms with E-state index in [1.165, 1.54) is 11.1 Å². The summed E-state index contributed by atoms with van der Waals surface area (Å²) in [6.07, 6.45) is 3.92. The van der Waals surface area contributed by atoms with Gasteiger partial charge < -0.3 is 19.1 Å². The van der Waals surface area contributed by atoms with E-state index in [-0.39, 0.29) is 11.5 Å². The van der Waals surface area contributed by atoms with Gasteiger partial charge in [-0.1, -0.05) is 0 Å². The lowest BCUT2D eigenvalue weighted by atomic mass is 9.74. The van der Waals surface area contributed by atoms with Crippen LogP contribution in [0.1, 0.15) is 51.2 Å². The highest BCUT2D eigenvalue weighted by Crippen LogP contribution is 2.49. The second kappa shape index (κ2) is 6.43. The Labute approximate surface area is 150 Å². The Bertz CT molecular complexity index is 654. The second-order valence-electron chi connectivity index (χ2n) is 8.11. The van der Waals surface area contributed by atoms with E-state index in [2.05, 4.69) is 12.1 Å². The Morgan fingerprint density at radius 3 is 2.20 bits per heavy atom. The summed E-state index contributed by atoms with van der Waals surface area (Å²) >= 11 is 0. The van der Waals surface area contributed by atoms with Gasteiger partial charge in [0.25, 0.3) is 0 Å². The molecule has 1 heterocycles. The minimum absolute atomic E-state index is 0.146. The number of hydrogen-bond donors (Lipinski definition) is 0. The fraction of sp³-hybridized carbons (Fsp3) is 0.650. The average molecular weight is 347 g/mol. The molecule has 1 fully saturated rings. The van der Waals surface area contributed by atoms with Gasteiger partial charge in [-0.3, -0.25) is 0 Å². The van der Waals surface area contributed by atoms with Gasteiger partial charge in [0.15, 0.2) is 11.5 Å². The third-order valence-electron chi connectivity index (χ3n) is 5.43. The second-order valence-corrected chi connectivity index (χ2v) is 8.11. The van der Waals surface area contributed by atoms with Crippen LogP contribution in [0.3, 0.4) is 0 Å². The molecule has 0 aromatic heterocycles. The highest BCUT2D eigenvalue weighted by molar-refractivity contribution is 5.68. The number of methoxy groups -OCH3 is 2. The number of carbonyl (C=O) groups is 1. The van der Waals surface area contributed by atoms with Crippen LogP contribution in [0.15, 0.2) is 12.1 Å². The molecule has 1 saturated heterocycles. The quantitative estimate of drug-likeness (QED) is 0.813. The molecule has 0 atom stereocenters. The number of carbonyl (C=O) groups excluding carboxylic acids is 1. The molecule has 5 nitrogen and oxygen atoms in total. The molecule has 1 aliphatic heterocycles. The number of amides is 1. The van der Waals surface area contributed by atoms with Gasteiger partial charge in [0.2, 0.25) is 0 Å². The zero-order valence-electron chi connectivity index (χ0n) is 16.0. The summed E-state index contributed by atoms with van der Waals surface area (Å²) in [6, 6.07) is 4.26. The molecule has 1 aliphatic carbocycles. The summed E-state index contributed by atoms with van der Waals surface area (Å²) in [5.41, 5.74) is 2.42. The molecule has 25 heavy (non-hydrogen) atoms. The number of aryl methyl sites for hydroxylation is 1. The molecule has 0 bridgehead atoms. The summed E-state index contributed by atoms with van der Waals surface area (Å²) in [5, 5.41) is 0. The van der Waals surface area contributed by atoms with E-state index < -0.39 is 5.60 Å².